The zero-order chi connectivity index (χ0) is 12.3. The molecule has 3 heteroatoms. The Hall–Kier alpha value is -0.930. The maximum atomic E-state index is 11.5. The van der Waals surface area contributed by atoms with Gasteiger partial charge in [-0.2, -0.15) is 0 Å². The first kappa shape index (κ1) is 12.5. The molecule has 2 rings (SSSR count). The van der Waals surface area contributed by atoms with Gasteiger partial charge in [-0.05, 0) is 17.2 Å². The quantitative estimate of drug-likeness (QED) is 0.577. The molecule has 0 N–H and O–H groups in total. The Kier molecular flexibility index (Phi) is 4.13. The normalized spacial score (nSPS) is 10.2. The highest BCUT2D eigenvalue weighted by molar-refractivity contribution is 9.10. The van der Waals surface area contributed by atoms with Crippen molar-refractivity contribution in [3.05, 3.63) is 58.6 Å². The third-order valence-electron chi connectivity index (χ3n) is 2.51. The van der Waals surface area contributed by atoms with Gasteiger partial charge in [0.1, 0.15) is 0 Å². The summed E-state index contributed by atoms with van der Waals surface area (Å²) >= 11 is 6.69. The molecule has 0 heterocycles. The first-order valence-electron chi connectivity index (χ1n) is 5.16. The molecule has 17 heavy (non-hydrogen) atoms. The zero-order valence-corrected chi connectivity index (χ0v) is 12.2. The van der Waals surface area contributed by atoms with Gasteiger partial charge in [-0.25, -0.2) is 0 Å². The number of hydrogen-bond donors (Lipinski definition) is 0. The molecule has 0 radical (unpaired) electrons. The summed E-state index contributed by atoms with van der Waals surface area (Å²) in [4.78, 5) is 11.5. The van der Waals surface area contributed by atoms with Crippen molar-refractivity contribution in [3.8, 4) is 11.1 Å². The Labute approximate surface area is 117 Å². The average Bonchev–Trinajstić information content (AvgIpc) is 2.39. The number of benzene rings is 2. The van der Waals surface area contributed by atoms with Crippen LogP contribution in [0.1, 0.15) is 10.4 Å². The lowest BCUT2D eigenvalue weighted by Crippen LogP contribution is -1.98. The SMILES string of the molecule is O=C(CBr)c1ccc(-c2ccccc2Br)cc1. The molecule has 1 nitrogen and oxygen atoms in total. The van der Waals surface area contributed by atoms with Gasteiger partial charge in [-0.3, -0.25) is 4.79 Å². The largest absolute Gasteiger partial charge is 0.293 e. The lowest BCUT2D eigenvalue weighted by molar-refractivity contribution is 0.102. The molecule has 0 bridgehead atoms. The smallest absolute Gasteiger partial charge is 0.173 e. The van der Waals surface area contributed by atoms with Crippen molar-refractivity contribution in [1.29, 1.82) is 0 Å². The molecule has 0 atom stereocenters. The lowest BCUT2D eigenvalue weighted by Gasteiger charge is -2.05. The predicted octanol–water partition coefficient (Wildman–Crippen LogP) is 4.69. The number of alkyl halides is 1. The molecule has 0 unspecified atom stereocenters. The van der Waals surface area contributed by atoms with Crippen LogP contribution in [0.15, 0.2) is 53.0 Å². The molecular weight excluding hydrogens is 344 g/mol. The first-order valence-corrected chi connectivity index (χ1v) is 7.08. The topological polar surface area (TPSA) is 17.1 Å². The Morgan fingerprint density at radius 1 is 1.00 bits per heavy atom. The molecule has 0 saturated heterocycles. The summed E-state index contributed by atoms with van der Waals surface area (Å²) in [5, 5.41) is 0.362. The van der Waals surface area contributed by atoms with E-state index in [1.54, 1.807) is 0 Å². The third-order valence-corrected chi connectivity index (χ3v) is 3.71. The van der Waals surface area contributed by atoms with Gasteiger partial charge in [0.05, 0.1) is 5.33 Å². The van der Waals surface area contributed by atoms with Gasteiger partial charge < -0.3 is 0 Å². The highest BCUT2D eigenvalue weighted by Gasteiger charge is 2.05. The first-order chi connectivity index (χ1) is 8.22. The van der Waals surface area contributed by atoms with E-state index in [1.165, 1.54) is 0 Å². The fourth-order valence-corrected chi connectivity index (χ4v) is 2.45. The fraction of sp³-hybridized carbons (Fsp3) is 0.0714. The maximum absolute atomic E-state index is 11.5. The minimum atomic E-state index is 0.101. The van der Waals surface area contributed by atoms with Crippen LogP contribution in [0.5, 0.6) is 0 Å². The van der Waals surface area contributed by atoms with Crippen LogP contribution in [0.3, 0.4) is 0 Å². The highest BCUT2D eigenvalue weighted by Crippen LogP contribution is 2.27. The summed E-state index contributed by atoms with van der Waals surface area (Å²) in [6.45, 7) is 0. The molecular formula is C14H10Br2O. The third kappa shape index (κ3) is 2.85. The van der Waals surface area contributed by atoms with E-state index in [1.807, 2.05) is 48.5 Å². The Morgan fingerprint density at radius 2 is 1.65 bits per heavy atom. The van der Waals surface area contributed by atoms with Crippen molar-refractivity contribution >= 4 is 37.6 Å². The molecule has 86 valence electrons. The molecule has 0 aliphatic carbocycles. The van der Waals surface area contributed by atoms with E-state index in [9.17, 15) is 4.79 Å². The second-order valence-corrected chi connectivity index (χ2v) is 5.03. The van der Waals surface area contributed by atoms with Crippen LogP contribution in [-0.4, -0.2) is 11.1 Å². The number of carbonyl (C=O) groups is 1. The summed E-state index contributed by atoms with van der Waals surface area (Å²) in [6, 6.07) is 15.7. The average molecular weight is 354 g/mol. The van der Waals surface area contributed by atoms with Crippen LogP contribution >= 0.6 is 31.9 Å². The van der Waals surface area contributed by atoms with E-state index in [4.69, 9.17) is 0 Å². The highest BCUT2D eigenvalue weighted by atomic mass is 79.9. The minimum Gasteiger partial charge on any atom is -0.293 e. The lowest BCUT2D eigenvalue weighted by atomic mass is 10.0. The van der Waals surface area contributed by atoms with Crippen molar-refractivity contribution in [3.63, 3.8) is 0 Å². The monoisotopic (exact) mass is 352 g/mol. The predicted molar refractivity (Wildman–Crippen MR) is 77.7 cm³/mol. The van der Waals surface area contributed by atoms with E-state index in [-0.39, 0.29) is 5.78 Å². The number of rotatable bonds is 3. The molecule has 0 aliphatic heterocycles. The van der Waals surface area contributed by atoms with Crippen LogP contribution in [-0.2, 0) is 0 Å². The van der Waals surface area contributed by atoms with E-state index in [0.29, 0.717) is 5.33 Å². The fourth-order valence-electron chi connectivity index (χ4n) is 1.61. The van der Waals surface area contributed by atoms with Crippen LogP contribution in [0.2, 0.25) is 0 Å². The maximum Gasteiger partial charge on any atom is 0.173 e. The zero-order valence-electron chi connectivity index (χ0n) is 8.99. The van der Waals surface area contributed by atoms with Crippen LogP contribution in [0.4, 0.5) is 0 Å². The van der Waals surface area contributed by atoms with Crippen LogP contribution in [0.25, 0.3) is 11.1 Å². The van der Waals surface area contributed by atoms with E-state index < -0.39 is 0 Å². The van der Waals surface area contributed by atoms with Gasteiger partial charge in [-0.15, -0.1) is 0 Å². The Bertz CT molecular complexity index is 532. The molecule has 0 aromatic heterocycles. The summed E-state index contributed by atoms with van der Waals surface area (Å²) in [5.74, 6) is 0.101. The van der Waals surface area contributed by atoms with Crippen molar-refractivity contribution in [2.24, 2.45) is 0 Å². The number of hydrogen-bond acceptors (Lipinski definition) is 1. The van der Waals surface area contributed by atoms with Crippen molar-refractivity contribution < 1.29 is 4.79 Å². The Balaban J connectivity index is 2.36. The molecule has 0 fully saturated rings. The van der Waals surface area contributed by atoms with E-state index >= 15 is 0 Å². The summed E-state index contributed by atoms with van der Waals surface area (Å²) in [7, 11) is 0. The van der Waals surface area contributed by atoms with Crippen molar-refractivity contribution in [1.82, 2.24) is 0 Å². The molecule has 0 aliphatic rings. The second-order valence-electron chi connectivity index (χ2n) is 3.61. The van der Waals surface area contributed by atoms with Gasteiger partial charge in [0, 0.05) is 10.0 Å². The molecule has 2 aromatic rings. The number of Topliss-reactive ketones (excluding diaryl/α,β-unsaturated/α-hetero) is 1. The van der Waals surface area contributed by atoms with Gasteiger partial charge in [0.25, 0.3) is 0 Å². The number of ketones is 1. The van der Waals surface area contributed by atoms with E-state index in [2.05, 4.69) is 31.9 Å². The van der Waals surface area contributed by atoms with E-state index in [0.717, 1.165) is 21.2 Å². The van der Waals surface area contributed by atoms with Crippen molar-refractivity contribution in [2.75, 3.05) is 5.33 Å². The van der Waals surface area contributed by atoms with Gasteiger partial charge >= 0.3 is 0 Å². The van der Waals surface area contributed by atoms with Gasteiger partial charge in [0.2, 0.25) is 0 Å². The second kappa shape index (κ2) is 5.61. The summed E-state index contributed by atoms with van der Waals surface area (Å²) in [5.41, 5.74) is 2.96. The number of halogens is 2. The van der Waals surface area contributed by atoms with Crippen LogP contribution < -0.4 is 0 Å². The summed E-state index contributed by atoms with van der Waals surface area (Å²) < 4.78 is 1.06. The molecule has 0 spiro atoms. The minimum absolute atomic E-state index is 0.101. The van der Waals surface area contributed by atoms with Crippen molar-refractivity contribution in [2.45, 2.75) is 0 Å². The van der Waals surface area contributed by atoms with Crippen LogP contribution in [0, 0.1) is 0 Å². The number of carbonyl (C=O) groups excluding carboxylic acids is 1. The molecule has 0 saturated carbocycles. The summed E-state index contributed by atoms with van der Waals surface area (Å²) in [6.07, 6.45) is 0. The van der Waals surface area contributed by atoms with Gasteiger partial charge in [0.15, 0.2) is 5.78 Å². The molecule has 2 aromatic carbocycles. The Morgan fingerprint density at radius 3 is 2.24 bits per heavy atom. The van der Waals surface area contributed by atoms with Gasteiger partial charge in [-0.1, -0.05) is 74.3 Å². The molecule has 0 amide bonds. The standard InChI is InChI=1S/C14H10Br2O/c15-9-14(17)11-7-5-10(6-8-11)12-3-1-2-4-13(12)16/h1-8H,9H2.